The summed E-state index contributed by atoms with van der Waals surface area (Å²) in [6.07, 6.45) is 1.30. The van der Waals surface area contributed by atoms with Crippen molar-refractivity contribution in [3.8, 4) is 34.5 Å². The molecule has 0 saturated heterocycles. The van der Waals surface area contributed by atoms with Crippen LogP contribution in [-0.4, -0.2) is 64.8 Å². The monoisotopic (exact) mass is 1070 g/mol. The van der Waals surface area contributed by atoms with E-state index in [1.807, 2.05) is 48.5 Å². The van der Waals surface area contributed by atoms with Crippen molar-refractivity contribution < 1.29 is 38.2 Å². The zero-order valence-corrected chi connectivity index (χ0v) is 37.9. The van der Waals surface area contributed by atoms with Gasteiger partial charge in [-0.25, -0.2) is 0 Å². The summed E-state index contributed by atoms with van der Waals surface area (Å²) in [5.41, 5.74) is 3.63. The lowest BCUT2D eigenvalue weighted by Gasteiger charge is -2.17. The van der Waals surface area contributed by atoms with E-state index < -0.39 is 5.91 Å². The van der Waals surface area contributed by atoms with Crippen LogP contribution in [0.4, 0.5) is 0 Å². The van der Waals surface area contributed by atoms with Crippen LogP contribution in [0.25, 0.3) is 0 Å². The van der Waals surface area contributed by atoms with Gasteiger partial charge in [0.25, 0.3) is 11.8 Å². The molecule has 3 heterocycles. The number of oxime groups is 2. The number of ether oxygens (including phenoxy) is 4. The van der Waals surface area contributed by atoms with Crippen LogP contribution in [0, 0.1) is 0 Å². The third kappa shape index (κ3) is 11.0. The molecule has 0 unspecified atom stereocenters. The maximum atomic E-state index is 13.5. The number of fused-ring (bicyclic) bond motifs is 2. The highest BCUT2D eigenvalue weighted by molar-refractivity contribution is 9.11. The largest absolute Gasteiger partial charge is 0.492 e. The fourth-order valence-electron chi connectivity index (χ4n) is 5.62. The molecule has 0 spiro atoms. The van der Waals surface area contributed by atoms with Crippen LogP contribution in [-0.2, 0) is 44.9 Å². The van der Waals surface area contributed by atoms with E-state index >= 15 is 0 Å². The lowest BCUT2D eigenvalue weighted by molar-refractivity contribution is -0.115. The second-order valence-corrected chi connectivity index (χ2v) is 16.2. The van der Waals surface area contributed by atoms with E-state index in [0.29, 0.717) is 88.4 Å². The van der Waals surface area contributed by atoms with E-state index in [0.717, 1.165) is 16.7 Å². The van der Waals surface area contributed by atoms with E-state index in [4.69, 9.17) is 28.6 Å². The molecule has 3 aliphatic heterocycles. The van der Waals surface area contributed by atoms with Gasteiger partial charge < -0.3 is 39.3 Å². The van der Waals surface area contributed by atoms with Crippen molar-refractivity contribution in [2.45, 2.75) is 25.7 Å². The minimum absolute atomic E-state index is 0.114. The van der Waals surface area contributed by atoms with Gasteiger partial charge in [0, 0.05) is 25.9 Å². The molecule has 4 aromatic rings. The van der Waals surface area contributed by atoms with Crippen molar-refractivity contribution in [1.29, 1.82) is 0 Å². The predicted molar refractivity (Wildman–Crippen MR) is 227 cm³/mol. The van der Waals surface area contributed by atoms with Gasteiger partial charge >= 0.3 is 0 Å². The molecule has 0 saturated carbocycles. The summed E-state index contributed by atoms with van der Waals surface area (Å²) in [4.78, 5) is 36.9. The Morgan fingerprint density at radius 3 is 1.53 bits per heavy atom. The highest BCUT2D eigenvalue weighted by Gasteiger charge is 2.22. The number of rotatable bonds is 4. The minimum Gasteiger partial charge on any atom is -0.492 e. The topological polar surface area (TPSA) is 138 Å². The molecule has 0 radical (unpaired) electrons. The van der Waals surface area contributed by atoms with Gasteiger partial charge in [0.15, 0.2) is 28.7 Å². The van der Waals surface area contributed by atoms with Gasteiger partial charge in [-0.05, 0) is 163 Å². The Kier molecular flexibility index (Phi) is 15.4. The van der Waals surface area contributed by atoms with Crippen molar-refractivity contribution in [1.82, 2.24) is 10.6 Å². The van der Waals surface area contributed by atoms with E-state index in [1.54, 1.807) is 13.2 Å². The minimum atomic E-state index is -0.399. The number of amides is 2. The first kappa shape index (κ1) is 42.5. The average molecular weight is 1080 g/mol. The van der Waals surface area contributed by atoms with Gasteiger partial charge in [-0.3, -0.25) is 9.59 Å². The Labute approximate surface area is 360 Å². The molecular formula is C38H35Br5N4O8. The molecule has 2 amide bonds. The predicted octanol–water partition coefficient (Wildman–Crippen LogP) is 9.22. The molecule has 0 aromatic heterocycles. The number of nitrogens with one attached hydrogen (secondary N) is 2. The fourth-order valence-corrected chi connectivity index (χ4v) is 8.87. The Morgan fingerprint density at radius 2 is 1.00 bits per heavy atom. The molecule has 8 bridgehead atoms. The quantitative estimate of drug-likeness (QED) is 0.193. The summed E-state index contributed by atoms with van der Waals surface area (Å²) in [5, 5.41) is 14.0. The van der Waals surface area contributed by atoms with Crippen LogP contribution in [0.15, 0.2) is 87.3 Å². The Bertz CT molecular complexity index is 2120. The smallest absolute Gasteiger partial charge is 0.269 e. The van der Waals surface area contributed by atoms with Gasteiger partial charge in [-0.15, -0.1) is 0 Å². The molecule has 0 fully saturated rings. The normalized spacial score (nSPS) is 15.7. The lowest BCUT2D eigenvalue weighted by atomic mass is 10.1. The number of carbonyl (C=O) groups excluding carboxylic acids is 2. The zero-order chi connectivity index (χ0) is 39.6. The number of hydrogen-bond acceptors (Lipinski definition) is 10. The summed E-state index contributed by atoms with van der Waals surface area (Å²) < 4.78 is 27.3. The van der Waals surface area contributed by atoms with Crippen molar-refractivity contribution in [2.24, 2.45) is 10.3 Å². The van der Waals surface area contributed by atoms with Crippen LogP contribution in [0.3, 0.4) is 0 Å². The number of nitrogens with zero attached hydrogens (tertiary/aromatic N) is 2. The summed E-state index contributed by atoms with van der Waals surface area (Å²) >= 11 is 18.1. The van der Waals surface area contributed by atoms with Crippen molar-refractivity contribution in [3.05, 3.63) is 99.2 Å². The summed E-state index contributed by atoms with van der Waals surface area (Å²) in [7, 11) is 5.87. The van der Waals surface area contributed by atoms with Crippen LogP contribution < -0.4 is 29.6 Å². The molecule has 290 valence electrons. The molecule has 7 rings (SSSR count). The highest BCUT2D eigenvalue weighted by Crippen LogP contribution is 2.44. The Hall–Kier alpha value is -3.64. The summed E-state index contributed by atoms with van der Waals surface area (Å²) in [6.45, 7) is 0.648. The molecule has 4 aromatic carbocycles. The van der Waals surface area contributed by atoms with E-state index in [9.17, 15) is 9.59 Å². The van der Waals surface area contributed by atoms with E-state index in [2.05, 4.69) is 101 Å². The number of benzene rings is 4. The maximum absolute atomic E-state index is 13.5. The van der Waals surface area contributed by atoms with Crippen LogP contribution in [0.2, 0.25) is 0 Å². The SMILES string of the molecule is CON=C1Cc2cc(Br)c(OC)c(c2)Oc2c(Br)cc(cc2Br)C/C(=N\OC)C(=O)NCCc2ccc(c(Br)c2)Oc2cc(cc(Br)c2OC)CCNC1=O. The van der Waals surface area contributed by atoms with Crippen molar-refractivity contribution in [3.63, 3.8) is 0 Å². The van der Waals surface area contributed by atoms with Gasteiger partial charge in [-0.2, -0.15) is 0 Å². The number of methoxy groups -OCH3 is 2. The van der Waals surface area contributed by atoms with Gasteiger partial charge in [0.2, 0.25) is 0 Å². The van der Waals surface area contributed by atoms with Crippen molar-refractivity contribution in [2.75, 3.05) is 41.5 Å². The fraction of sp³-hybridized carbons (Fsp3) is 0.263. The van der Waals surface area contributed by atoms with Crippen LogP contribution >= 0.6 is 79.6 Å². The van der Waals surface area contributed by atoms with E-state index in [1.165, 1.54) is 21.3 Å². The van der Waals surface area contributed by atoms with Crippen LogP contribution in [0.5, 0.6) is 34.5 Å². The third-order valence-electron chi connectivity index (χ3n) is 8.10. The second kappa shape index (κ2) is 20.0. The first-order valence-corrected chi connectivity index (χ1v) is 20.5. The number of hydrogen-bond donors (Lipinski definition) is 2. The molecule has 0 atom stereocenters. The average Bonchev–Trinajstić information content (AvgIpc) is 3.13. The second-order valence-electron chi connectivity index (χ2n) is 11.9. The zero-order valence-electron chi connectivity index (χ0n) is 30.0. The molecule has 55 heavy (non-hydrogen) atoms. The van der Waals surface area contributed by atoms with Crippen LogP contribution in [0.1, 0.15) is 22.3 Å². The molecule has 3 aliphatic rings. The summed E-state index contributed by atoms with van der Waals surface area (Å²) in [6, 6.07) is 16.7. The Morgan fingerprint density at radius 1 is 0.545 bits per heavy atom. The molecule has 12 nitrogen and oxygen atoms in total. The molecular weight excluding hydrogens is 1040 g/mol. The summed E-state index contributed by atoms with van der Waals surface area (Å²) in [5.74, 6) is 2.05. The third-order valence-corrected chi connectivity index (χ3v) is 11.1. The molecule has 2 N–H and O–H groups in total. The highest BCUT2D eigenvalue weighted by atomic mass is 79.9. The number of halogens is 5. The van der Waals surface area contributed by atoms with Gasteiger partial charge in [0.05, 0.1) is 36.6 Å². The first-order valence-electron chi connectivity index (χ1n) is 16.6. The van der Waals surface area contributed by atoms with Gasteiger partial charge in [-0.1, -0.05) is 16.4 Å². The number of carbonyl (C=O) groups is 2. The Balaban J connectivity index is 1.52. The molecule has 0 aliphatic carbocycles. The lowest BCUT2D eigenvalue weighted by Crippen LogP contribution is -2.34. The maximum Gasteiger partial charge on any atom is 0.269 e. The van der Waals surface area contributed by atoms with E-state index in [-0.39, 0.29) is 30.2 Å². The first-order chi connectivity index (χ1) is 26.4. The van der Waals surface area contributed by atoms with Crippen molar-refractivity contribution >= 4 is 103 Å². The van der Waals surface area contributed by atoms with Gasteiger partial charge in [0.1, 0.15) is 31.4 Å². The standard InChI is InChI=1S/C38H35Br5N4O8/c1-50-35-27(42)12-21-8-10-45-38(49)30(47-53-4)17-23-15-28(43)36(51-2)33(19-23)55-34-25(40)13-22(14-26(34)41)16-29(46-52-3)37(48)44-9-7-20-5-6-31(24(39)11-20)54-32(35)18-21/h5-6,11-15,18-19H,7-10,16-17H2,1-4H3,(H,44,48)(H,45,49)/b46-29+,47-30?. The molecule has 17 heteroatoms.